The van der Waals surface area contributed by atoms with Crippen molar-refractivity contribution in [2.45, 2.75) is 35.9 Å². The van der Waals surface area contributed by atoms with E-state index in [2.05, 4.69) is 15.0 Å². The number of halogens is 1. The zero-order valence-electron chi connectivity index (χ0n) is 13.4. The van der Waals surface area contributed by atoms with Gasteiger partial charge in [0.15, 0.2) is 9.90 Å². The van der Waals surface area contributed by atoms with E-state index in [4.69, 9.17) is 0 Å². The molecule has 0 aliphatic carbocycles. The quantitative estimate of drug-likeness (QED) is 0.777. The number of carbonyl (C=O) groups excluding carboxylic acids is 1. The molecule has 7 nitrogen and oxygen atoms in total. The number of piperidine rings is 1. The molecule has 1 aromatic rings. The van der Waals surface area contributed by atoms with Crippen LogP contribution in [-0.2, 0) is 14.8 Å². The highest BCUT2D eigenvalue weighted by molar-refractivity contribution is 7.91. The van der Waals surface area contributed by atoms with E-state index in [0.29, 0.717) is 25.0 Å². The number of ether oxygens (including phenoxy) is 1. The Morgan fingerprint density at radius 2 is 2.08 bits per heavy atom. The van der Waals surface area contributed by atoms with Crippen molar-refractivity contribution < 1.29 is 17.9 Å². The van der Waals surface area contributed by atoms with Crippen molar-refractivity contribution in [1.82, 2.24) is 14.6 Å². The maximum Gasteiger partial charge on any atom is 0.358 e. The molecule has 0 aromatic carbocycles. The van der Waals surface area contributed by atoms with E-state index in [1.165, 1.54) is 29.8 Å². The van der Waals surface area contributed by atoms with Gasteiger partial charge in [-0.05, 0) is 38.1 Å². The normalized spacial score (nSPS) is 23.0. The van der Waals surface area contributed by atoms with E-state index in [1.54, 1.807) is 0 Å². The number of methoxy groups -OCH3 is 1. The predicted octanol–water partition coefficient (Wildman–Crippen LogP) is 1.50. The summed E-state index contributed by atoms with van der Waals surface area (Å²) >= 11 is 0.966. The maximum absolute atomic E-state index is 12.8. The number of nitrogens with zero attached hydrogens (tertiary/aromatic N) is 2. The Kier molecular flexibility index (Phi) is 6.60. The second kappa shape index (κ2) is 8.09. The number of nitrogens with one attached hydrogen (secondary N) is 1. The molecule has 0 saturated carbocycles. The van der Waals surface area contributed by atoms with Crippen LogP contribution in [0.4, 0.5) is 0 Å². The fraction of sp³-hybridized carbons (Fsp3) is 0.714. The van der Waals surface area contributed by atoms with Crippen LogP contribution in [0.25, 0.3) is 0 Å². The summed E-state index contributed by atoms with van der Waals surface area (Å²) in [6.45, 7) is 2.04. The molecule has 1 atom stereocenters. The zero-order chi connectivity index (χ0) is 16.4. The van der Waals surface area contributed by atoms with Crippen molar-refractivity contribution in [3.63, 3.8) is 0 Å². The molecule has 0 radical (unpaired) electrons. The monoisotopic (exact) mass is 395 g/mol. The highest BCUT2D eigenvalue weighted by atomic mass is 35.5. The lowest BCUT2D eigenvalue weighted by Crippen LogP contribution is -2.43. The van der Waals surface area contributed by atoms with E-state index >= 15 is 0 Å². The van der Waals surface area contributed by atoms with Gasteiger partial charge in [-0.25, -0.2) is 18.2 Å². The summed E-state index contributed by atoms with van der Waals surface area (Å²) in [4.78, 5) is 15.5. The van der Waals surface area contributed by atoms with Crippen molar-refractivity contribution in [1.29, 1.82) is 0 Å². The lowest BCUT2D eigenvalue weighted by atomic mass is 9.89. The number of aromatic nitrogens is 1. The van der Waals surface area contributed by atoms with Crippen LogP contribution < -0.4 is 5.32 Å². The van der Waals surface area contributed by atoms with Gasteiger partial charge < -0.3 is 10.1 Å². The Balaban J connectivity index is 0.00000208. The molecule has 2 aliphatic rings. The molecular formula is C14H22ClN3O4S2. The summed E-state index contributed by atoms with van der Waals surface area (Å²) in [5.41, 5.74) is 1.26. The number of hydrogen-bond acceptors (Lipinski definition) is 7. The van der Waals surface area contributed by atoms with Gasteiger partial charge in [0.1, 0.15) is 0 Å². The maximum atomic E-state index is 12.8. The number of esters is 1. The van der Waals surface area contributed by atoms with E-state index in [9.17, 15) is 13.2 Å². The third kappa shape index (κ3) is 3.75. The fourth-order valence-corrected chi connectivity index (χ4v) is 6.14. The lowest BCUT2D eigenvalue weighted by Gasteiger charge is -2.33. The van der Waals surface area contributed by atoms with Gasteiger partial charge in [-0.3, -0.25) is 0 Å². The number of hydrogen-bond donors (Lipinski definition) is 1. The van der Waals surface area contributed by atoms with Crippen LogP contribution in [-0.4, -0.2) is 56.5 Å². The Bertz CT molecular complexity index is 665. The number of sulfonamides is 1. The first-order valence-corrected chi connectivity index (χ1v) is 10.1. The van der Waals surface area contributed by atoms with E-state index in [0.717, 1.165) is 30.7 Å². The first kappa shape index (κ1) is 19.6. The second-order valence-corrected chi connectivity index (χ2v) is 8.91. The van der Waals surface area contributed by atoms with Gasteiger partial charge in [0.05, 0.1) is 12.6 Å². The molecule has 0 spiro atoms. The van der Waals surface area contributed by atoms with Crippen molar-refractivity contribution >= 4 is 39.7 Å². The summed E-state index contributed by atoms with van der Waals surface area (Å²) in [6, 6.07) is 0.522. The Labute approximate surface area is 152 Å². The van der Waals surface area contributed by atoms with Crippen molar-refractivity contribution in [3.8, 4) is 0 Å². The molecule has 136 valence electrons. The highest BCUT2D eigenvalue weighted by Gasteiger charge is 2.36. The number of carbonyl (C=O) groups is 1. The van der Waals surface area contributed by atoms with E-state index in [-0.39, 0.29) is 22.3 Å². The van der Waals surface area contributed by atoms with Gasteiger partial charge in [-0.15, -0.1) is 23.7 Å². The van der Waals surface area contributed by atoms with Gasteiger partial charge >= 0.3 is 5.97 Å². The molecule has 24 heavy (non-hydrogen) atoms. The molecule has 3 heterocycles. The molecule has 2 fully saturated rings. The molecule has 2 saturated heterocycles. The Hall–Kier alpha value is -0.740. The minimum absolute atomic E-state index is 0. The molecule has 10 heteroatoms. The van der Waals surface area contributed by atoms with Gasteiger partial charge in [-0.1, -0.05) is 0 Å². The number of rotatable bonds is 4. The number of thiazole rings is 1. The standard InChI is InChI=1S/C14H21N3O4S2.ClH/c1-21-13(18)12-14(22-9-16-12)23(19,20)17-7-4-10(5-8-17)11-3-2-6-15-11;/h9-11,15H,2-8H2,1H3;1H. The largest absolute Gasteiger partial charge is 0.464 e. The van der Waals surface area contributed by atoms with E-state index < -0.39 is 16.0 Å². The van der Waals surface area contributed by atoms with Gasteiger partial charge in [-0.2, -0.15) is 4.31 Å². The molecule has 1 unspecified atom stereocenters. The summed E-state index contributed by atoms with van der Waals surface area (Å²) in [7, 11) is -2.46. The molecule has 3 rings (SSSR count). The first-order chi connectivity index (χ1) is 11.0. The lowest BCUT2D eigenvalue weighted by molar-refractivity contribution is 0.0590. The second-order valence-electron chi connectivity index (χ2n) is 5.92. The van der Waals surface area contributed by atoms with Crippen molar-refractivity contribution in [3.05, 3.63) is 11.2 Å². The van der Waals surface area contributed by atoms with Crippen LogP contribution in [0.2, 0.25) is 0 Å². The molecular weight excluding hydrogens is 374 g/mol. The minimum Gasteiger partial charge on any atom is -0.464 e. The van der Waals surface area contributed by atoms with Crippen LogP contribution in [0, 0.1) is 5.92 Å². The predicted molar refractivity (Wildman–Crippen MR) is 93.2 cm³/mol. The van der Waals surface area contributed by atoms with Crippen molar-refractivity contribution in [2.75, 3.05) is 26.7 Å². The molecule has 2 aliphatic heterocycles. The highest BCUT2D eigenvalue weighted by Crippen LogP contribution is 2.31. The molecule has 0 amide bonds. The van der Waals surface area contributed by atoms with E-state index in [1.807, 2.05) is 0 Å². The zero-order valence-corrected chi connectivity index (χ0v) is 15.9. The van der Waals surface area contributed by atoms with Crippen LogP contribution in [0.3, 0.4) is 0 Å². The first-order valence-electron chi connectivity index (χ1n) is 7.79. The summed E-state index contributed by atoms with van der Waals surface area (Å²) < 4.78 is 31.7. The SMILES string of the molecule is COC(=O)c1ncsc1S(=O)(=O)N1CCC(C2CCCN2)CC1.Cl. The topological polar surface area (TPSA) is 88.6 Å². The van der Waals surface area contributed by atoms with Crippen LogP contribution in [0.1, 0.15) is 36.2 Å². The van der Waals surface area contributed by atoms with Crippen LogP contribution in [0.15, 0.2) is 9.72 Å². The Morgan fingerprint density at radius 3 is 2.67 bits per heavy atom. The third-order valence-corrected chi connectivity index (χ3v) is 7.90. The summed E-state index contributed by atoms with van der Waals surface area (Å²) in [5, 5.41) is 3.50. The smallest absolute Gasteiger partial charge is 0.358 e. The van der Waals surface area contributed by atoms with Crippen LogP contribution in [0.5, 0.6) is 0 Å². The Morgan fingerprint density at radius 1 is 1.38 bits per heavy atom. The summed E-state index contributed by atoms with van der Waals surface area (Å²) in [5.74, 6) is -0.180. The van der Waals surface area contributed by atoms with Gasteiger partial charge in [0.2, 0.25) is 0 Å². The molecule has 0 bridgehead atoms. The van der Waals surface area contributed by atoms with Gasteiger partial charge in [0.25, 0.3) is 10.0 Å². The third-order valence-electron chi connectivity index (χ3n) is 4.65. The van der Waals surface area contributed by atoms with Crippen LogP contribution >= 0.6 is 23.7 Å². The fourth-order valence-electron chi connectivity index (χ4n) is 3.40. The van der Waals surface area contributed by atoms with Gasteiger partial charge in [0, 0.05) is 19.1 Å². The summed E-state index contributed by atoms with van der Waals surface area (Å²) in [6.07, 6.45) is 4.08. The van der Waals surface area contributed by atoms with Crippen molar-refractivity contribution in [2.24, 2.45) is 5.92 Å². The average Bonchev–Trinajstić information content (AvgIpc) is 3.25. The minimum atomic E-state index is -3.68. The average molecular weight is 396 g/mol. The molecule has 1 N–H and O–H groups in total. The molecule has 1 aromatic heterocycles.